The van der Waals surface area contributed by atoms with E-state index in [1.54, 1.807) is 4.90 Å². The molecular weight excluding hydrogens is 232 g/mol. The molecule has 1 rings (SSSR count). The van der Waals surface area contributed by atoms with Crippen LogP contribution in [0.5, 0.6) is 0 Å². The van der Waals surface area contributed by atoms with Gasteiger partial charge in [0.2, 0.25) is 0 Å². The van der Waals surface area contributed by atoms with Gasteiger partial charge in [-0.25, -0.2) is 4.79 Å². The molecule has 1 saturated heterocycles. The quantitative estimate of drug-likeness (QED) is 0.764. The summed E-state index contributed by atoms with van der Waals surface area (Å²) >= 11 is 0. The maximum absolute atomic E-state index is 12.0. The third-order valence-electron chi connectivity index (χ3n) is 3.54. The van der Waals surface area contributed by atoms with Gasteiger partial charge in [-0.2, -0.15) is 0 Å². The first-order chi connectivity index (χ1) is 8.56. The first-order valence-electron chi connectivity index (χ1n) is 6.84. The number of likely N-dealkylation sites (tertiary alicyclic amines) is 1. The number of aliphatic carboxylic acids is 1. The summed E-state index contributed by atoms with van der Waals surface area (Å²) in [6.45, 7) is 5.71. The number of carboxylic acids is 1. The monoisotopic (exact) mass is 256 g/mol. The van der Waals surface area contributed by atoms with Gasteiger partial charge < -0.3 is 15.3 Å². The zero-order valence-electron chi connectivity index (χ0n) is 11.3. The van der Waals surface area contributed by atoms with Crippen molar-refractivity contribution in [3.8, 4) is 0 Å². The Morgan fingerprint density at radius 3 is 2.67 bits per heavy atom. The molecule has 18 heavy (non-hydrogen) atoms. The molecule has 1 fully saturated rings. The molecule has 1 aliphatic rings. The number of amides is 2. The van der Waals surface area contributed by atoms with E-state index in [1.807, 2.05) is 6.92 Å². The van der Waals surface area contributed by atoms with Gasteiger partial charge >= 0.3 is 12.0 Å². The van der Waals surface area contributed by atoms with Crippen LogP contribution in [0.2, 0.25) is 0 Å². The predicted molar refractivity (Wildman–Crippen MR) is 69.5 cm³/mol. The second kappa shape index (κ2) is 7.24. The van der Waals surface area contributed by atoms with Gasteiger partial charge in [-0.1, -0.05) is 26.7 Å². The maximum atomic E-state index is 12.0. The van der Waals surface area contributed by atoms with E-state index in [0.717, 1.165) is 32.4 Å². The summed E-state index contributed by atoms with van der Waals surface area (Å²) < 4.78 is 0. The Bertz CT molecular complexity index is 294. The van der Waals surface area contributed by atoms with E-state index in [2.05, 4.69) is 12.2 Å². The Balaban J connectivity index is 2.43. The molecule has 5 nitrogen and oxygen atoms in total. The SMILES string of the molecule is CCCC(CC(=O)O)NC(=O)N1CCC(CC)C1. The zero-order chi connectivity index (χ0) is 13.5. The molecule has 0 spiro atoms. The first-order valence-corrected chi connectivity index (χ1v) is 6.84. The zero-order valence-corrected chi connectivity index (χ0v) is 11.3. The summed E-state index contributed by atoms with van der Waals surface area (Å²) in [5.41, 5.74) is 0. The lowest BCUT2D eigenvalue weighted by atomic mass is 10.1. The summed E-state index contributed by atoms with van der Waals surface area (Å²) in [5, 5.41) is 11.6. The lowest BCUT2D eigenvalue weighted by molar-refractivity contribution is -0.137. The molecule has 1 aliphatic heterocycles. The Hall–Kier alpha value is -1.26. The largest absolute Gasteiger partial charge is 0.481 e. The van der Waals surface area contributed by atoms with Crippen molar-refractivity contribution in [3.63, 3.8) is 0 Å². The smallest absolute Gasteiger partial charge is 0.317 e. The number of rotatable bonds is 6. The fourth-order valence-corrected chi connectivity index (χ4v) is 2.40. The number of nitrogens with zero attached hydrogens (tertiary/aromatic N) is 1. The minimum Gasteiger partial charge on any atom is -0.481 e. The Kier molecular flexibility index (Phi) is 5.95. The normalized spacial score (nSPS) is 20.8. The minimum atomic E-state index is -0.860. The van der Waals surface area contributed by atoms with Crippen molar-refractivity contribution in [1.29, 1.82) is 0 Å². The van der Waals surface area contributed by atoms with Crippen LogP contribution < -0.4 is 5.32 Å². The number of nitrogens with one attached hydrogen (secondary N) is 1. The fraction of sp³-hybridized carbons (Fsp3) is 0.846. The van der Waals surface area contributed by atoms with E-state index in [-0.39, 0.29) is 18.5 Å². The summed E-state index contributed by atoms with van der Waals surface area (Å²) in [5.74, 6) is -0.263. The van der Waals surface area contributed by atoms with Gasteiger partial charge in [-0.15, -0.1) is 0 Å². The van der Waals surface area contributed by atoms with Crippen LogP contribution in [0.15, 0.2) is 0 Å². The van der Waals surface area contributed by atoms with Crippen molar-refractivity contribution in [2.24, 2.45) is 5.92 Å². The van der Waals surface area contributed by atoms with Crippen molar-refractivity contribution < 1.29 is 14.7 Å². The average Bonchev–Trinajstić information content (AvgIpc) is 2.76. The predicted octanol–water partition coefficient (Wildman–Crippen LogP) is 2.07. The molecule has 2 N–H and O–H groups in total. The Morgan fingerprint density at radius 2 is 2.17 bits per heavy atom. The van der Waals surface area contributed by atoms with Crippen LogP contribution in [-0.2, 0) is 4.79 Å². The molecule has 1 heterocycles. The highest BCUT2D eigenvalue weighted by molar-refractivity contribution is 5.76. The van der Waals surface area contributed by atoms with Gasteiger partial charge in [0, 0.05) is 19.1 Å². The number of urea groups is 1. The second-order valence-corrected chi connectivity index (χ2v) is 5.04. The third-order valence-corrected chi connectivity index (χ3v) is 3.54. The lowest BCUT2D eigenvalue weighted by Crippen LogP contribution is -2.44. The van der Waals surface area contributed by atoms with Crippen molar-refractivity contribution >= 4 is 12.0 Å². The Labute approximate surface area is 109 Å². The van der Waals surface area contributed by atoms with E-state index in [9.17, 15) is 9.59 Å². The topological polar surface area (TPSA) is 69.6 Å². The van der Waals surface area contributed by atoms with Gasteiger partial charge in [0.1, 0.15) is 0 Å². The molecule has 0 radical (unpaired) electrons. The van der Waals surface area contributed by atoms with Crippen LogP contribution in [-0.4, -0.2) is 41.1 Å². The number of hydrogen-bond acceptors (Lipinski definition) is 2. The number of carboxylic acid groups (broad SMARTS) is 1. The summed E-state index contributed by atoms with van der Waals surface area (Å²) in [7, 11) is 0. The van der Waals surface area contributed by atoms with E-state index in [0.29, 0.717) is 12.3 Å². The molecule has 0 aliphatic carbocycles. The number of hydrogen-bond donors (Lipinski definition) is 2. The Morgan fingerprint density at radius 1 is 1.44 bits per heavy atom. The summed E-state index contributed by atoms with van der Waals surface area (Å²) in [4.78, 5) is 24.5. The van der Waals surface area contributed by atoms with Gasteiger partial charge in [0.15, 0.2) is 0 Å². The molecule has 0 aromatic rings. The molecule has 104 valence electrons. The molecule has 0 saturated carbocycles. The van der Waals surface area contributed by atoms with Crippen LogP contribution in [0.3, 0.4) is 0 Å². The molecule has 2 amide bonds. The highest BCUT2D eigenvalue weighted by Crippen LogP contribution is 2.19. The highest BCUT2D eigenvalue weighted by atomic mass is 16.4. The minimum absolute atomic E-state index is 0.00459. The number of carbonyl (C=O) groups is 2. The van der Waals surface area contributed by atoms with E-state index in [4.69, 9.17) is 5.11 Å². The van der Waals surface area contributed by atoms with E-state index < -0.39 is 5.97 Å². The van der Waals surface area contributed by atoms with Crippen LogP contribution in [0.25, 0.3) is 0 Å². The van der Waals surface area contributed by atoms with Gasteiger partial charge in [0.05, 0.1) is 6.42 Å². The fourth-order valence-electron chi connectivity index (χ4n) is 2.40. The number of carbonyl (C=O) groups excluding carboxylic acids is 1. The van der Waals surface area contributed by atoms with Crippen LogP contribution in [0, 0.1) is 5.92 Å². The molecule has 2 atom stereocenters. The van der Waals surface area contributed by atoms with E-state index >= 15 is 0 Å². The molecular formula is C13H24N2O3. The maximum Gasteiger partial charge on any atom is 0.317 e. The van der Waals surface area contributed by atoms with Crippen LogP contribution >= 0.6 is 0 Å². The summed E-state index contributed by atoms with van der Waals surface area (Å²) in [6, 6.07) is -0.355. The van der Waals surface area contributed by atoms with Crippen molar-refractivity contribution in [1.82, 2.24) is 10.2 Å². The molecule has 2 unspecified atom stereocenters. The lowest BCUT2D eigenvalue weighted by Gasteiger charge is -2.22. The van der Waals surface area contributed by atoms with Crippen molar-refractivity contribution in [2.75, 3.05) is 13.1 Å². The first kappa shape index (κ1) is 14.8. The molecule has 5 heteroatoms. The standard InChI is InChI=1S/C13H24N2O3/c1-3-5-11(8-12(16)17)14-13(18)15-7-6-10(4-2)9-15/h10-11H,3-9H2,1-2H3,(H,14,18)(H,16,17). The van der Waals surface area contributed by atoms with Crippen LogP contribution in [0.1, 0.15) is 46.0 Å². The van der Waals surface area contributed by atoms with Crippen molar-refractivity contribution in [3.05, 3.63) is 0 Å². The second-order valence-electron chi connectivity index (χ2n) is 5.04. The van der Waals surface area contributed by atoms with Crippen molar-refractivity contribution in [2.45, 2.75) is 52.0 Å². The molecule has 0 aromatic carbocycles. The molecule has 0 bridgehead atoms. The summed E-state index contributed by atoms with van der Waals surface area (Å²) in [6.07, 6.45) is 3.74. The highest BCUT2D eigenvalue weighted by Gasteiger charge is 2.26. The van der Waals surface area contributed by atoms with Crippen LogP contribution in [0.4, 0.5) is 4.79 Å². The average molecular weight is 256 g/mol. The molecule has 0 aromatic heterocycles. The third kappa shape index (κ3) is 4.55. The van der Waals surface area contributed by atoms with E-state index in [1.165, 1.54) is 0 Å². The van der Waals surface area contributed by atoms with Gasteiger partial charge in [-0.05, 0) is 18.8 Å². The van der Waals surface area contributed by atoms with Gasteiger partial charge in [0.25, 0.3) is 0 Å². The van der Waals surface area contributed by atoms with Gasteiger partial charge in [-0.3, -0.25) is 4.79 Å².